The van der Waals surface area contributed by atoms with Crippen LogP contribution in [-0.2, 0) is 0 Å². The maximum Gasteiger partial charge on any atom is 0.137 e. The Balaban J connectivity index is 2.27. The number of benzene rings is 1. The third kappa shape index (κ3) is 1.52. The highest BCUT2D eigenvalue weighted by atomic mass is 35.5. The highest BCUT2D eigenvalue weighted by molar-refractivity contribution is 6.32. The van der Waals surface area contributed by atoms with Crippen LogP contribution in [0.4, 0.5) is 0 Å². The van der Waals surface area contributed by atoms with Gasteiger partial charge in [-0.3, -0.25) is 0 Å². The van der Waals surface area contributed by atoms with Gasteiger partial charge in [0.15, 0.2) is 0 Å². The molecule has 0 amide bonds. The van der Waals surface area contributed by atoms with Crippen LogP contribution in [-0.4, -0.2) is 11.7 Å². The molecule has 1 aliphatic carbocycles. The molecule has 2 atom stereocenters. The quantitative estimate of drug-likeness (QED) is 0.763. The first-order chi connectivity index (χ1) is 6.24. The number of hydrogen-bond acceptors (Lipinski definition) is 2. The van der Waals surface area contributed by atoms with E-state index in [0.29, 0.717) is 23.4 Å². The smallest absolute Gasteiger partial charge is 0.137 e. The number of halogens is 1. The molecule has 0 spiro atoms. The molecule has 3 N–H and O–H groups in total. The number of para-hydroxylation sites is 1. The van der Waals surface area contributed by atoms with E-state index in [2.05, 4.69) is 0 Å². The molecule has 13 heavy (non-hydrogen) atoms. The van der Waals surface area contributed by atoms with Crippen molar-refractivity contribution in [2.24, 2.45) is 11.7 Å². The monoisotopic (exact) mass is 197 g/mol. The summed E-state index contributed by atoms with van der Waals surface area (Å²) in [4.78, 5) is 0. The van der Waals surface area contributed by atoms with Gasteiger partial charge >= 0.3 is 0 Å². The highest BCUT2D eigenvalue weighted by Gasteiger charge is 2.38. The average Bonchev–Trinajstić information content (AvgIpc) is 2.89. The van der Waals surface area contributed by atoms with E-state index in [1.807, 2.05) is 12.1 Å². The standard InChI is InChI=1S/C10H12ClNO/c11-9-3-1-2-7(10(9)13)8-4-6(8)5-12/h1-3,6,8,13H,4-5,12H2/t6-,8+/m0/s1. The Bertz CT molecular complexity index is 327. The molecular weight excluding hydrogens is 186 g/mol. The van der Waals surface area contributed by atoms with Crippen molar-refractivity contribution >= 4 is 11.6 Å². The number of phenols is 1. The number of rotatable bonds is 2. The van der Waals surface area contributed by atoms with Crippen LogP contribution in [0.1, 0.15) is 17.9 Å². The molecule has 1 aliphatic rings. The molecule has 2 nitrogen and oxygen atoms in total. The fourth-order valence-corrected chi connectivity index (χ4v) is 1.90. The fraction of sp³-hybridized carbons (Fsp3) is 0.400. The lowest BCUT2D eigenvalue weighted by molar-refractivity contribution is 0.467. The van der Waals surface area contributed by atoms with Crippen LogP contribution in [0.25, 0.3) is 0 Å². The molecule has 0 radical (unpaired) electrons. The summed E-state index contributed by atoms with van der Waals surface area (Å²) in [5.74, 6) is 1.18. The summed E-state index contributed by atoms with van der Waals surface area (Å²) in [5, 5.41) is 10.1. The number of aromatic hydroxyl groups is 1. The second-order valence-electron chi connectivity index (χ2n) is 3.52. The van der Waals surface area contributed by atoms with E-state index in [0.717, 1.165) is 12.0 Å². The third-order valence-corrected chi connectivity index (χ3v) is 2.95. The van der Waals surface area contributed by atoms with Crippen LogP contribution in [0.3, 0.4) is 0 Å². The predicted octanol–water partition coefficient (Wildman–Crippen LogP) is 2.11. The van der Waals surface area contributed by atoms with Crippen molar-refractivity contribution in [2.75, 3.05) is 6.54 Å². The van der Waals surface area contributed by atoms with E-state index in [1.165, 1.54) is 0 Å². The Morgan fingerprint density at radius 3 is 2.92 bits per heavy atom. The van der Waals surface area contributed by atoms with Crippen molar-refractivity contribution < 1.29 is 5.11 Å². The second-order valence-corrected chi connectivity index (χ2v) is 3.92. The number of nitrogens with two attached hydrogens (primary N) is 1. The minimum atomic E-state index is 0.227. The Morgan fingerprint density at radius 1 is 1.54 bits per heavy atom. The summed E-state index contributed by atoms with van der Waals surface area (Å²) < 4.78 is 0. The van der Waals surface area contributed by atoms with Crippen molar-refractivity contribution in [3.8, 4) is 5.75 Å². The molecule has 0 heterocycles. The van der Waals surface area contributed by atoms with Gasteiger partial charge in [0.05, 0.1) is 5.02 Å². The van der Waals surface area contributed by atoms with Crippen LogP contribution < -0.4 is 5.73 Å². The minimum Gasteiger partial charge on any atom is -0.506 e. The molecule has 0 saturated heterocycles. The Labute approximate surface area is 82.3 Å². The van der Waals surface area contributed by atoms with E-state index in [4.69, 9.17) is 17.3 Å². The zero-order chi connectivity index (χ0) is 9.42. The van der Waals surface area contributed by atoms with Crippen molar-refractivity contribution in [1.82, 2.24) is 0 Å². The lowest BCUT2D eigenvalue weighted by atomic mass is 10.1. The molecular formula is C10H12ClNO. The molecule has 1 fully saturated rings. The highest BCUT2D eigenvalue weighted by Crippen LogP contribution is 2.50. The van der Waals surface area contributed by atoms with E-state index in [9.17, 15) is 5.11 Å². The summed E-state index contributed by atoms with van der Waals surface area (Å²) in [6, 6.07) is 5.48. The molecule has 0 bridgehead atoms. The van der Waals surface area contributed by atoms with Gasteiger partial charge in [-0.15, -0.1) is 0 Å². The summed E-state index contributed by atoms with van der Waals surface area (Å²) in [5.41, 5.74) is 6.48. The Morgan fingerprint density at radius 2 is 2.31 bits per heavy atom. The van der Waals surface area contributed by atoms with E-state index in [-0.39, 0.29) is 5.75 Å². The van der Waals surface area contributed by atoms with Gasteiger partial charge in [-0.2, -0.15) is 0 Å². The maximum absolute atomic E-state index is 9.65. The summed E-state index contributed by atoms with van der Waals surface area (Å²) in [6.07, 6.45) is 1.07. The summed E-state index contributed by atoms with van der Waals surface area (Å²) >= 11 is 5.80. The second kappa shape index (κ2) is 3.20. The summed E-state index contributed by atoms with van der Waals surface area (Å²) in [7, 11) is 0. The zero-order valence-electron chi connectivity index (χ0n) is 7.20. The first-order valence-corrected chi connectivity index (χ1v) is 4.79. The van der Waals surface area contributed by atoms with Gasteiger partial charge in [-0.25, -0.2) is 0 Å². The largest absolute Gasteiger partial charge is 0.506 e. The fourth-order valence-electron chi connectivity index (χ4n) is 1.72. The van der Waals surface area contributed by atoms with Gasteiger partial charge in [0.2, 0.25) is 0 Å². The van der Waals surface area contributed by atoms with Gasteiger partial charge in [-0.1, -0.05) is 23.7 Å². The van der Waals surface area contributed by atoms with Gasteiger partial charge in [0.25, 0.3) is 0 Å². The Kier molecular flexibility index (Phi) is 2.18. The van der Waals surface area contributed by atoms with E-state index in [1.54, 1.807) is 6.07 Å². The molecule has 70 valence electrons. The van der Waals surface area contributed by atoms with Crippen LogP contribution in [0, 0.1) is 5.92 Å². The van der Waals surface area contributed by atoms with Gasteiger partial charge in [0, 0.05) is 0 Å². The lowest BCUT2D eigenvalue weighted by Crippen LogP contribution is -2.01. The van der Waals surface area contributed by atoms with Crippen LogP contribution >= 0.6 is 11.6 Å². The molecule has 1 aromatic carbocycles. The van der Waals surface area contributed by atoms with Crippen LogP contribution in [0.5, 0.6) is 5.75 Å². The van der Waals surface area contributed by atoms with E-state index >= 15 is 0 Å². The molecule has 2 rings (SSSR count). The maximum atomic E-state index is 9.65. The Hall–Kier alpha value is -0.730. The zero-order valence-corrected chi connectivity index (χ0v) is 7.96. The van der Waals surface area contributed by atoms with Crippen molar-refractivity contribution in [1.29, 1.82) is 0 Å². The molecule has 1 aromatic rings. The van der Waals surface area contributed by atoms with Crippen molar-refractivity contribution in [2.45, 2.75) is 12.3 Å². The predicted molar refractivity (Wildman–Crippen MR) is 53.0 cm³/mol. The van der Waals surface area contributed by atoms with E-state index < -0.39 is 0 Å². The summed E-state index contributed by atoms with van der Waals surface area (Å²) in [6.45, 7) is 0.691. The SMILES string of the molecule is NC[C@@H]1C[C@H]1c1cccc(Cl)c1O. The molecule has 3 heteroatoms. The third-order valence-electron chi connectivity index (χ3n) is 2.64. The van der Waals surface area contributed by atoms with Crippen molar-refractivity contribution in [3.05, 3.63) is 28.8 Å². The average molecular weight is 198 g/mol. The number of phenolic OH excluding ortho intramolecular Hbond substituents is 1. The molecule has 1 saturated carbocycles. The lowest BCUT2D eigenvalue weighted by Gasteiger charge is -2.04. The van der Waals surface area contributed by atoms with Crippen molar-refractivity contribution in [3.63, 3.8) is 0 Å². The number of hydrogen-bond donors (Lipinski definition) is 2. The first kappa shape index (κ1) is 8.85. The minimum absolute atomic E-state index is 0.227. The molecule has 0 unspecified atom stereocenters. The molecule has 0 aliphatic heterocycles. The van der Waals surface area contributed by atoms with Gasteiger partial charge in [0.1, 0.15) is 5.75 Å². The van der Waals surface area contributed by atoms with Gasteiger partial charge < -0.3 is 10.8 Å². The van der Waals surface area contributed by atoms with Crippen LogP contribution in [0.15, 0.2) is 18.2 Å². The first-order valence-electron chi connectivity index (χ1n) is 4.41. The van der Waals surface area contributed by atoms with Crippen LogP contribution in [0.2, 0.25) is 5.02 Å². The van der Waals surface area contributed by atoms with Gasteiger partial charge in [-0.05, 0) is 36.4 Å². The topological polar surface area (TPSA) is 46.2 Å². The molecule has 0 aromatic heterocycles. The normalized spacial score (nSPS) is 26.0.